The SMILES string of the molecule is CC1(C)CC(=O)C2=C(C1)Nc1ccccc1N(CC(=O)NCCc1ccccc1)[C@H]2c1ccco1. The normalized spacial score (nSPS) is 18.9. The molecule has 180 valence electrons. The number of nitrogens with one attached hydrogen (secondary N) is 2. The van der Waals surface area contributed by atoms with Crippen LogP contribution in [0.3, 0.4) is 0 Å². The summed E-state index contributed by atoms with van der Waals surface area (Å²) in [5.41, 5.74) is 4.38. The number of allylic oxidation sites excluding steroid dienone is 1. The predicted octanol–water partition coefficient (Wildman–Crippen LogP) is 5.25. The molecule has 6 heteroatoms. The van der Waals surface area contributed by atoms with Crippen LogP contribution in [-0.2, 0) is 16.0 Å². The van der Waals surface area contributed by atoms with E-state index in [9.17, 15) is 9.59 Å². The highest BCUT2D eigenvalue weighted by molar-refractivity contribution is 6.01. The standard InChI is InChI=1S/C29H31N3O3/c1-29(2)17-22-27(24(33)18-29)28(25-13-8-16-35-25)32(23-12-7-6-11-21(23)31-22)19-26(34)30-15-14-20-9-4-3-5-10-20/h3-13,16,28,31H,14-15,17-19H2,1-2H3,(H,30,34)/t28-/m0/s1. The Hall–Kier alpha value is -3.80. The van der Waals surface area contributed by atoms with Crippen LogP contribution < -0.4 is 15.5 Å². The van der Waals surface area contributed by atoms with Gasteiger partial charge in [0, 0.05) is 24.2 Å². The van der Waals surface area contributed by atoms with Gasteiger partial charge in [-0.15, -0.1) is 0 Å². The molecule has 6 nitrogen and oxygen atoms in total. The smallest absolute Gasteiger partial charge is 0.239 e. The first-order valence-electron chi connectivity index (χ1n) is 12.1. The van der Waals surface area contributed by atoms with Crippen LogP contribution in [0.2, 0.25) is 0 Å². The Bertz CT molecular complexity index is 1250. The second kappa shape index (κ2) is 9.45. The summed E-state index contributed by atoms with van der Waals surface area (Å²) in [5, 5.41) is 6.61. The molecule has 35 heavy (non-hydrogen) atoms. The number of hydrogen-bond acceptors (Lipinski definition) is 5. The van der Waals surface area contributed by atoms with Crippen molar-refractivity contribution < 1.29 is 14.0 Å². The molecule has 2 aliphatic rings. The number of furan rings is 1. The number of anilines is 2. The van der Waals surface area contributed by atoms with Crippen molar-refractivity contribution in [2.24, 2.45) is 5.41 Å². The zero-order valence-corrected chi connectivity index (χ0v) is 20.2. The molecule has 3 aromatic rings. The Morgan fingerprint density at radius 3 is 2.60 bits per heavy atom. The van der Waals surface area contributed by atoms with Crippen molar-refractivity contribution in [1.82, 2.24) is 5.32 Å². The van der Waals surface area contributed by atoms with Gasteiger partial charge in [-0.3, -0.25) is 9.59 Å². The van der Waals surface area contributed by atoms with Crippen molar-refractivity contribution in [2.75, 3.05) is 23.3 Å². The number of Topliss-reactive ketones (excluding diaryl/α,β-unsaturated/α-hetero) is 1. The molecule has 1 aliphatic heterocycles. The summed E-state index contributed by atoms with van der Waals surface area (Å²) >= 11 is 0. The maximum Gasteiger partial charge on any atom is 0.239 e. The fourth-order valence-corrected chi connectivity index (χ4v) is 5.17. The van der Waals surface area contributed by atoms with Crippen LogP contribution in [0, 0.1) is 5.41 Å². The highest BCUT2D eigenvalue weighted by atomic mass is 16.3. The van der Waals surface area contributed by atoms with Crippen LogP contribution in [0.25, 0.3) is 0 Å². The van der Waals surface area contributed by atoms with E-state index in [4.69, 9.17) is 4.42 Å². The molecule has 2 aromatic carbocycles. The molecule has 2 N–H and O–H groups in total. The number of benzene rings is 2. The Morgan fingerprint density at radius 2 is 1.83 bits per heavy atom. The Kier molecular flexibility index (Phi) is 6.20. The van der Waals surface area contributed by atoms with Gasteiger partial charge in [0.2, 0.25) is 5.91 Å². The molecular formula is C29H31N3O3. The molecule has 0 spiro atoms. The molecule has 0 radical (unpaired) electrons. The van der Waals surface area contributed by atoms with Gasteiger partial charge >= 0.3 is 0 Å². The van der Waals surface area contributed by atoms with E-state index in [1.54, 1.807) is 6.26 Å². The number of para-hydroxylation sites is 2. The van der Waals surface area contributed by atoms with Crippen LogP contribution in [-0.4, -0.2) is 24.8 Å². The van der Waals surface area contributed by atoms with Crippen molar-refractivity contribution >= 4 is 23.1 Å². The van der Waals surface area contributed by atoms with Gasteiger partial charge in [0.25, 0.3) is 0 Å². The second-order valence-corrected chi connectivity index (χ2v) is 10.1. The highest BCUT2D eigenvalue weighted by Gasteiger charge is 2.42. The lowest BCUT2D eigenvalue weighted by atomic mass is 9.74. The second-order valence-electron chi connectivity index (χ2n) is 10.1. The van der Waals surface area contributed by atoms with Gasteiger partial charge in [-0.05, 0) is 48.1 Å². The van der Waals surface area contributed by atoms with Gasteiger partial charge in [-0.25, -0.2) is 0 Å². The van der Waals surface area contributed by atoms with E-state index in [1.807, 2.05) is 59.5 Å². The summed E-state index contributed by atoms with van der Waals surface area (Å²) in [6.45, 7) is 4.88. The van der Waals surface area contributed by atoms with E-state index in [0.29, 0.717) is 24.3 Å². The minimum Gasteiger partial charge on any atom is -0.467 e. The van der Waals surface area contributed by atoms with Crippen molar-refractivity contribution in [1.29, 1.82) is 0 Å². The Labute approximate surface area is 206 Å². The van der Waals surface area contributed by atoms with Crippen molar-refractivity contribution in [3.05, 3.63) is 95.6 Å². The molecule has 1 aliphatic carbocycles. The molecule has 1 atom stereocenters. The summed E-state index contributed by atoms with van der Waals surface area (Å²) in [7, 11) is 0. The molecule has 0 saturated carbocycles. The average molecular weight is 470 g/mol. The monoisotopic (exact) mass is 469 g/mol. The summed E-state index contributed by atoms with van der Waals surface area (Å²) in [6, 6.07) is 21.2. The van der Waals surface area contributed by atoms with E-state index in [-0.39, 0.29) is 23.7 Å². The van der Waals surface area contributed by atoms with Crippen LogP contribution in [0.4, 0.5) is 11.4 Å². The highest BCUT2D eigenvalue weighted by Crippen LogP contribution is 2.48. The van der Waals surface area contributed by atoms with Gasteiger partial charge < -0.3 is 20.0 Å². The summed E-state index contributed by atoms with van der Waals surface area (Å²) in [5.74, 6) is 0.647. The third-order valence-electron chi connectivity index (χ3n) is 6.71. The molecule has 0 unspecified atom stereocenters. The van der Waals surface area contributed by atoms with Crippen LogP contribution in [0.5, 0.6) is 0 Å². The number of carbonyl (C=O) groups excluding carboxylic acids is 2. The molecular weight excluding hydrogens is 438 g/mol. The minimum atomic E-state index is -0.486. The van der Waals surface area contributed by atoms with Crippen molar-refractivity contribution in [3.8, 4) is 0 Å². The number of rotatable bonds is 6. The van der Waals surface area contributed by atoms with Gasteiger partial charge in [-0.1, -0.05) is 56.3 Å². The number of nitrogens with zero attached hydrogens (tertiary/aromatic N) is 1. The first-order chi connectivity index (χ1) is 16.9. The lowest BCUT2D eigenvalue weighted by Crippen LogP contribution is -2.42. The number of carbonyl (C=O) groups is 2. The minimum absolute atomic E-state index is 0.0902. The van der Waals surface area contributed by atoms with E-state index < -0.39 is 6.04 Å². The third kappa shape index (κ3) is 4.87. The van der Waals surface area contributed by atoms with Crippen molar-refractivity contribution in [3.63, 3.8) is 0 Å². The summed E-state index contributed by atoms with van der Waals surface area (Å²) in [6.07, 6.45) is 3.58. The number of fused-ring (bicyclic) bond motifs is 1. The number of hydrogen-bond donors (Lipinski definition) is 2. The number of ketones is 1. The van der Waals surface area contributed by atoms with Gasteiger partial charge in [-0.2, -0.15) is 0 Å². The van der Waals surface area contributed by atoms with Gasteiger partial charge in [0.05, 0.1) is 24.2 Å². The fraction of sp³-hybridized carbons (Fsp3) is 0.310. The fourth-order valence-electron chi connectivity index (χ4n) is 5.17. The first-order valence-corrected chi connectivity index (χ1v) is 12.1. The quantitative estimate of drug-likeness (QED) is 0.515. The molecule has 0 fully saturated rings. The first kappa shape index (κ1) is 23.0. The third-order valence-corrected chi connectivity index (χ3v) is 6.71. The predicted molar refractivity (Wildman–Crippen MR) is 137 cm³/mol. The topological polar surface area (TPSA) is 74.6 Å². The Morgan fingerprint density at radius 1 is 1.06 bits per heavy atom. The largest absolute Gasteiger partial charge is 0.467 e. The van der Waals surface area contributed by atoms with E-state index in [0.717, 1.165) is 29.9 Å². The zero-order chi connectivity index (χ0) is 24.4. The van der Waals surface area contributed by atoms with Gasteiger partial charge in [0.1, 0.15) is 11.8 Å². The van der Waals surface area contributed by atoms with Gasteiger partial charge in [0.15, 0.2) is 5.78 Å². The van der Waals surface area contributed by atoms with E-state index >= 15 is 0 Å². The van der Waals surface area contributed by atoms with E-state index in [2.05, 4.69) is 36.6 Å². The molecule has 0 bridgehead atoms. The summed E-state index contributed by atoms with van der Waals surface area (Å²) < 4.78 is 5.86. The zero-order valence-electron chi connectivity index (χ0n) is 20.2. The molecule has 5 rings (SSSR count). The summed E-state index contributed by atoms with van der Waals surface area (Å²) in [4.78, 5) is 28.7. The van der Waals surface area contributed by atoms with Crippen molar-refractivity contribution in [2.45, 2.75) is 39.2 Å². The average Bonchev–Trinajstić information content (AvgIpc) is 3.31. The van der Waals surface area contributed by atoms with Crippen LogP contribution in [0.1, 0.15) is 44.1 Å². The number of amides is 1. The maximum absolute atomic E-state index is 13.5. The Balaban J connectivity index is 1.48. The van der Waals surface area contributed by atoms with Crippen LogP contribution >= 0.6 is 0 Å². The maximum atomic E-state index is 13.5. The molecule has 0 saturated heterocycles. The van der Waals surface area contributed by atoms with Crippen LogP contribution in [0.15, 0.2) is 88.7 Å². The van der Waals surface area contributed by atoms with E-state index in [1.165, 1.54) is 5.56 Å². The molecule has 2 heterocycles. The molecule has 1 aromatic heterocycles. The molecule has 1 amide bonds. The lowest BCUT2D eigenvalue weighted by Gasteiger charge is -2.36. The lowest BCUT2D eigenvalue weighted by molar-refractivity contribution is -0.120.